The molecule has 0 spiro atoms. The molecule has 30 heavy (non-hydrogen) atoms. The number of nitrogen functional groups attached to an aromatic ring is 1. The fraction of sp³-hybridized carbons (Fsp3) is 0.360. The van der Waals surface area contributed by atoms with Gasteiger partial charge in [-0.25, -0.2) is 0 Å². The van der Waals surface area contributed by atoms with Gasteiger partial charge in [-0.05, 0) is 53.6 Å². The Kier molecular flexibility index (Phi) is 8.07. The Morgan fingerprint density at radius 3 is 2.40 bits per heavy atom. The first-order valence-electron chi connectivity index (χ1n) is 10.7. The number of hydrogen-bond acceptors (Lipinski definition) is 5. The van der Waals surface area contributed by atoms with Crippen LogP contribution >= 0.6 is 0 Å². The van der Waals surface area contributed by atoms with Gasteiger partial charge in [0.05, 0.1) is 19.4 Å². The molecular weight excluding hydrogens is 374 g/mol. The van der Waals surface area contributed by atoms with Gasteiger partial charge in [-0.3, -0.25) is 0 Å². The van der Waals surface area contributed by atoms with Crippen molar-refractivity contribution in [3.05, 3.63) is 54.6 Å². The first-order valence-corrected chi connectivity index (χ1v) is 10.7. The highest BCUT2D eigenvalue weighted by molar-refractivity contribution is 5.86. The van der Waals surface area contributed by atoms with Gasteiger partial charge >= 0.3 is 0 Å². The Morgan fingerprint density at radius 1 is 0.800 bits per heavy atom. The fourth-order valence-corrected chi connectivity index (χ4v) is 3.32. The Hall–Kier alpha value is -3.08. The standard InChI is InChI=1S/C25H31N3O2/c1-3-4-5-6-7-8-15-30-23-13-10-19-16-22(12-9-20(19)17-23)27-28-24-14-11-21(26)18-25(24)29-2/h9-14,16-18H,3-8,15,26H2,1-2H3/b28-27+. The maximum absolute atomic E-state index is 5.93. The van der Waals surface area contributed by atoms with Gasteiger partial charge in [-0.2, -0.15) is 5.11 Å². The van der Waals surface area contributed by atoms with Gasteiger partial charge < -0.3 is 15.2 Å². The van der Waals surface area contributed by atoms with Gasteiger partial charge in [0.25, 0.3) is 0 Å². The number of fused-ring (bicyclic) bond motifs is 1. The summed E-state index contributed by atoms with van der Waals surface area (Å²) in [6.45, 7) is 3.01. The van der Waals surface area contributed by atoms with E-state index in [1.807, 2.05) is 24.3 Å². The number of azo groups is 1. The molecular formula is C25H31N3O2. The molecule has 0 aliphatic heterocycles. The Bertz CT molecular complexity index is 985. The molecule has 5 heteroatoms. The van der Waals surface area contributed by atoms with Crippen LogP contribution in [-0.4, -0.2) is 13.7 Å². The van der Waals surface area contributed by atoms with Crippen LogP contribution in [0.3, 0.4) is 0 Å². The summed E-state index contributed by atoms with van der Waals surface area (Å²) in [5.41, 5.74) is 7.84. The van der Waals surface area contributed by atoms with E-state index in [1.165, 1.54) is 32.1 Å². The lowest BCUT2D eigenvalue weighted by atomic mass is 10.1. The second-order valence-corrected chi connectivity index (χ2v) is 7.44. The van der Waals surface area contributed by atoms with Crippen LogP contribution in [0.2, 0.25) is 0 Å². The number of nitrogens with two attached hydrogens (primary N) is 1. The molecule has 0 heterocycles. The van der Waals surface area contributed by atoms with Crippen LogP contribution in [0.1, 0.15) is 45.4 Å². The summed E-state index contributed by atoms with van der Waals surface area (Å²) >= 11 is 0. The average molecular weight is 406 g/mol. The normalized spacial score (nSPS) is 11.3. The van der Waals surface area contributed by atoms with Crippen LogP contribution in [0.25, 0.3) is 10.8 Å². The molecule has 0 unspecified atom stereocenters. The van der Waals surface area contributed by atoms with E-state index in [0.717, 1.165) is 35.2 Å². The van der Waals surface area contributed by atoms with Gasteiger partial charge in [0, 0.05) is 11.8 Å². The van der Waals surface area contributed by atoms with Crippen molar-refractivity contribution >= 4 is 27.8 Å². The molecule has 0 amide bonds. The molecule has 0 radical (unpaired) electrons. The molecule has 0 aliphatic rings. The number of anilines is 1. The molecule has 3 aromatic rings. The number of hydrogen-bond donors (Lipinski definition) is 1. The fourth-order valence-electron chi connectivity index (χ4n) is 3.32. The van der Waals surface area contributed by atoms with Crippen molar-refractivity contribution in [2.45, 2.75) is 45.4 Å². The highest BCUT2D eigenvalue weighted by Crippen LogP contribution is 2.32. The molecule has 5 nitrogen and oxygen atoms in total. The van der Waals surface area contributed by atoms with Crippen molar-refractivity contribution < 1.29 is 9.47 Å². The van der Waals surface area contributed by atoms with Crippen LogP contribution in [-0.2, 0) is 0 Å². The number of rotatable bonds is 11. The van der Waals surface area contributed by atoms with Crippen LogP contribution < -0.4 is 15.2 Å². The quantitative estimate of drug-likeness (QED) is 0.203. The van der Waals surface area contributed by atoms with Crippen molar-refractivity contribution in [2.24, 2.45) is 10.2 Å². The third-order valence-corrected chi connectivity index (χ3v) is 5.04. The number of nitrogens with zero attached hydrogens (tertiary/aromatic N) is 2. The van der Waals surface area contributed by atoms with E-state index >= 15 is 0 Å². The zero-order chi connectivity index (χ0) is 21.2. The van der Waals surface area contributed by atoms with E-state index in [-0.39, 0.29) is 0 Å². The first-order chi connectivity index (χ1) is 14.7. The molecule has 0 saturated carbocycles. The summed E-state index contributed by atoms with van der Waals surface area (Å²) in [5.74, 6) is 1.52. The van der Waals surface area contributed by atoms with E-state index < -0.39 is 0 Å². The number of benzene rings is 3. The third-order valence-electron chi connectivity index (χ3n) is 5.04. The maximum atomic E-state index is 5.93. The van der Waals surface area contributed by atoms with Crippen molar-refractivity contribution in [3.8, 4) is 11.5 Å². The van der Waals surface area contributed by atoms with Crippen molar-refractivity contribution in [1.29, 1.82) is 0 Å². The minimum Gasteiger partial charge on any atom is -0.494 e. The lowest BCUT2D eigenvalue weighted by Crippen LogP contribution is -1.97. The molecule has 2 N–H and O–H groups in total. The molecule has 0 atom stereocenters. The van der Waals surface area contributed by atoms with Crippen LogP contribution in [0, 0.1) is 0 Å². The highest BCUT2D eigenvalue weighted by Gasteiger charge is 2.03. The highest BCUT2D eigenvalue weighted by atomic mass is 16.5. The number of unbranched alkanes of at least 4 members (excludes halogenated alkanes) is 5. The summed E-state index contributed by atoms with van der Waals surface area (Å²) in [6.07, 6.45) is 7.59. The summed E-state index contributed by atoms with van der Waals surface area (Å²) in [4.78, 5) is 0. The molecule has 3 rings (SSSR count). The minimum atomic E-state index is 0.603. The van der Waals surface area contributed by atoms with Gasteiger partial charge in [-0.1, -0.05) is 51.2 Å². The zero-order valence-corrected chi connectivity index (χ0v) is 17.9. The SMILES string of the molecule is CCCCCCCCOc1ccc2cc(/N=N/c3ccc(N)cc3OC)ccc2c1. The van der Waals surface area contributed by atoms with Crippen molar-refractivity contribution in [2.75, 3.05) is 19.5 Å². The Labute approximate surface area is 178 Å². The second kappa shape index (κ2) is 11.2. The van der Waals surface area contributed by atoms with Gasteiger partial charge in [0.1, 0.15) is 17.2 Å². The number of ether oxygens (including phenoxy) is 2. The molecule has 3 aromatic carbocycles. The summed E-state index contributed by atoms with van der Waals surface area (Å²) in [6, 6.07) is 17.5. The van der Waals surface area contributed by atoms with Gasteiger partial charge in [0.15, 0.2) is 0 Å². The van der Waals surface area contributed by atoms with Crippen molar-refractivity contribution in [1.82, 2.24) is 0 Å². The lowest BCUT2D eigenvalue weighted by molar-refractivity contribution is 0.305. The van der Waals surface area contributed by atoms with Crippen LogP contribution in [0.15, 0.2) is 64.8 Å². The summed E-state index contributed by atoms with van der Waals surface area (Å²) < 4.78 is 11.2. The maximum Gasteiger partial charge on any atom is 0.148 e. The zero-order valence-electron chi connectivity index (χ0n) is 17.9. The van der Waals surface area contributed by atoms with Gasteiger partial charge in [-0.15, -0.1) is 5.11 Å². The molecule has 158 valence electrons. The topological polar surface area (TPSA) is 69.2 Å². The Balaban J connectivity index is 1.60. The molecule has 0 bridgehead atoms. The predicted molar refractivity (Wildman–Crippen MR) is 124 cm³/mol. The average Bonchev–Trinajstić information content (AvgIpc) is 2.77. The third kappa shape index (κ3) is 6.21. The van der Waals surface area contributed by atoms with Crippen LogP contribution in [0.5, 0.6) is 11.5 Å². The van der Waals surface area contributed by atoms with Crippen LogP contribution in [0.4, 0.5) is 17.1 Å². The molecule has 0 aromatic heterocycles. The number of methoxy groups -OCH3 is 1. The molecule has 0 saturated heterocycles. The van der Waals surface area contributed by atoms with Crippen molar-refractivity contribution in [3.63, 3.8) is 0 Å². The molecule has 0 aliphatic carbocycles. The van der Waals surface area contributed by atoms with E-state index in [4.69, 9.17) is 15.2 Å². The monoisotopic (exact) mass is 405 g/mol. The van der Waals surface area contributed by atoms with E-state index in [9.17, 15) is 0 Å². The van der Waals surface area contributed by atoms with Gasteiger partial charge in [0.2, 0.25) is 0 Å². The summed E-state index contributed by atoms with van der Waals surface area (Å²) in [5, 5.41) is 10.9. The smallest absolute Gasteiger partial charge is 0.148 e. The molecule has 0 fully saturated rings. The predicted octanol–water partition coefficient (Wildman–Crippen LogP) is 7.59. The second-order valence-electron chi connectivity index (χ2n) is 7.44. The van der Waals surface area contributed by atoms with E-state index in [1.54, 1.807) is 25.3 Å². The lowest BCUT2D eigenvalue weighted by Gasteiger charge is -2.08. The minimum absolute atomic E-state index is 0.603. The van der Waals surface area contributed by atoms with E-state index in [0.29, 0.717) is 17.1 Å². The Morgan fingerprint density at radius 2 is 1.57 bits per heavy atom. The summed E-state index contributed by atoms with van der Waals surface area (Å²) in [7, 11) is 1.59. The first kappa shape index (κ1) is 21.6. The van der Waals surface area contributed by atoms with E-state index in [2.05, 4.69) is 29.3 Å². The largest absolute Gasteiger partial charge is 0.494 e.